The molecule has 3 atom stereocenters. The molecular weight excluding hydrogens is 793 g/mol. The Kier molecular flexibility index (Phi) is 18.0. The Bertz CT molecular complexity index is 2190. The van der Waals surface area contributed by atoms with Crippen LogP contribution in [0.3, 0.4) is 0 Å². The van der Waals surface area contributed by atoms with Crippen molar-refractivity contribution in [2.24, 2.45) is 5.73 Å². The van der Waals surface area contributed by atoms with Crippen molar-refractivity contribution in [3.8, 4) is 33.8 Å². The lowest BCUT2D eigenvalue weighted by atomic mass is 9.94. The average Bonchev–Trinajstić information content (AvgIpc) is 3.25. The molecule has 0 saturated heterocycles. The SMILES string of the molecule is CCCCN.CCCCc1ccc(-c2ccc(C(=O)NC(C)CC(=O)NCC(=O)N(C)C3C(=O)NCC(=O)NC(C(=O)O)Cc4ccc(O)c(c4)-c4cc3ccc4O)cc2)cc1. The lowest BCUT2D eigenvalue weighted by Gasteiger charge is -2.29. The number of phenols is 2. The number of hydrogen-bond acceptors (Lipinski definition) is 9. The minimum Gasteiger partial charge on any atom is -0.507 e. The highest BCUT2D eigenvalue weighted by atomic mass is 16.4. The van der Waals surface area contributed by atoms with Crippen LogP contribution in [0.5, 0.6) is 11.5 Å². The highest BCUT2D eigenvalue weighted by Gasteiger charge is 2.31. The summed E-state index contributed by atoms with van der Waals surface area (Å²) in [4.78, 5) is 78.7. The Morgan fingerprint density at radius 3 is 2.06 bits per heavy atom. The van der Waals surface area contributed by atoms with Gasteiger partial charge in [-0.3, -0.25) is 24.0 Å². The van der Waals surface area contributed by atoms with Gasteiger partial charge in [0, 0.05) is 42.6 Å². The number of unbranched alkanes of at least 4 members (excludes halogenated alkanes) is 2. The van der Waals surface area contributed by atoms with E-state index in [1.165, 1.54) is 61.9 Å². The Labute approximate surface area is 362 Å². The summed E-state index contributed by atoms with van der Waals surface area (Å²) in [5.74, 6) is -5.03. The Morgan fingerprint density at radius 1 is 0.855 bits per heavy atom. The molecule has 4 aromatic rings. The summed E-state index contributed by atoms with van der Waals surface area (Å²) in [5, 5.41) is 41.4. The van der Waals surface area contributed by atoms with Gasteiger partial charge in [-0.2, -0.15) is 0 Å². The predicted octanol–water partition coefficient (Wildman–Crippen LogP) is 4.59. The van der Waals surface area contributed by atoms with E-state index in [2.05, 4.69) is 59.4 Å². The molecule has 0 saturated carbocycles. The number of carbonyl (C=O) groups is 6. The number of likely N-dealkylation sites (N-methyl/N-ethyl adjacent to an activating group) is 1. The number of aliphatic carboxylic acids is 1. The molecule has 5 amide bonds. The molecule has 3 unspecified atom stereocenters. The first kappa shape index (κ1) is 47.9. The van der Waals surface area contributed by atoms with Gasteiger partial charge in [0.15, 0.2) is 0 Å². The van der Waals surface area contributed by atoms with E-state index < -0.39 is 60.8 Å². The van der Waals surface area contributed by atoms with Gasteiger partial charge in [-0.05, 0) is 96.9 Å². The third-order valence-electron chi connectivity index (χ3n) is 10.3. The highest BCUT2D eigenvalue weighted by Crippen LogP contribution is 2.38. The first-order valence-electron chi connectivity index (χ1n) is 20.8. The van der Waals surface area contributed by atoms with Crippen LogP contribution in [0.15, 0.2) is 84.9 Å². The van der Waals surface area contributed by atoms with Gasteiger partial charge in [-0.1, -0.05) is 75.2 Å². The zero-order chi connectivity index (χ0) is 45.3. The molecule has 9 N–H and O–H groups in total. The standard InChI is InChI=1S/C43H47N5O9.C4H11N/c1-4-5-6-26-7-10-28(11-8-26)29-12-14-30(15-13-29)41(54)46-25(2)19-37(51)44-24-39(53)48(3)40-31-16-18-36(50)33(22-31)32-20-27(9-17-35(32)49)21-34(43(56)57)47-38(52)23-45-42(40)55;1-2-3-4-5/h7-18,20,22,25,34,40,49-50H,4-6,19,21,23-24H2,1-3H3,(H,44,51)(H,45,55)(H,46,54)(H,47,52)(H,56,57);2-5H2,1H3. The summed E-state index contributed by atoms with van der Waals surface area (Å²) in [6.45, 7) is 5.67. The fourth-order valence-electron chi connectivity index (χ4n) is 6.78. The molecule has 0 radical (unpaired) electrons. The van der Waals surface area contributed by atoms with E-state index in [1.807, 2.05) is 12.1 Å². The van der Waals surface area contributed by atoms with Gasteiger partial charge in [0.1, 0.15) is 23.6 Å². The van der Waals surface area contributed by atoms with Crippen LogP contribution >= 0.6 is 0 Å². The smallest absolute Gasteiger partial charge is 0.326 e. The summed E-state index contributed by atoms with van der Waals surface area (Å²) in [6, 6.07) is 20.5. The minimum atomic E-state index is -1.39. The monoisotopic (exact) mass is 850 g/mol. The van der Waals surface area contributed by atoms with Crippen molar-refractivity contribution >= 4 is 35.5 Å². The maximum absolute atomic E-state index is 13.6. The van der Waals surface area contributed by atoms with Crippen LogP contribution in [-0.2, 0) is 36.8 Å². The molecule has 0 aliphatic carbocycles. The number of benzene rings is 4. The number of rotatable bonds is 14. The summed E-state index contributed by atoms with van der Waals surface area (Å²) in [5.41, 5.74) is 9.71. The number of carboxylic acid groups (broad SMARTS) is 1. The molecule has 0 spiro atoms. The van der Waals surface area contributed by atoms with Crippen LogP contribution < -0.4 is 27.0 Å². The number of nitrogens with zero attached hydrogens (tertiary/aromatic N) is 1. The number of fused-ring (bicyclic) bond motifs is 5. The van der Waals surface area contributed by atoms with E-state index in [-0.39, 0.29) is 46.9 Å². The van der Waals surface area contributed by atoms with Crippen LogP contribution in [0.25, 0.3) is 22.3 Å². The number of hydrogen-bond donors (Lipinski definition) is 8. The molecule has 0 aromatic heterocycles. The summed E-state index contributed by atoms with van der Waals surface area (Å²) >= 11 is 0. The van der Waals surface area contributed by atoms with Crippen LogP contribution in [0, 0.1) is 0 Å². The molecule has 4 bridgehead atoms. The number of carbonyl (C=O) groups excluding carboxylic acids is 5. The quantitative estimate of drug-likeness (QED) is 0.0878. The minimum absolute atomic E-state index is 0.103. The van der Waals surface area contributed by atoms with Gasteiger partial charge in [0.05, 0.1) is 13.1 Å². The van der Waals surface area contributed by atoms with Crippen LogP contribution in [0.2, 0.25) is 0 Å². The van der Waals surface area contributed by atoms with E-state index in [0.717, 1.165) is 41.8 Å². The first-order valence-corrected chi connectivity index (χ1v) is 20.8. The maximum Gasteiger partial charge on any atom is 0.326 e. The van der Waals surface area contributed by atoms with Gasteiger partial charge < -0.3 is 47.2 Å². The topological polar surface area (TPSA) is 240 Å². The number of nitrogens with two attached hydrogens (primary N) is 1. The normalized spacial score (nSPS) is 15.3. The number of nitrogens with one attached hydrogen (secondary N) is 4. The molecule has 1 aliphatic heterocycles. The molecule has 15 heteroatoms. The van der Waals surface area contributed by atoms with Crippen molar-refractivity contribution in [1.82, 2.24) is 26.2 Å². The Balaban J connectivity index is 0.00000160. The van der Waals surface area contributed by atoms with Gasteiger partial charge >= 0.3 is 5.97 Å². The molecule has 62 heavy (non-hydrogen) atoms. The summed E-state index contributed by atoms with van der Waals surface area (Å²) in [6.07, 6.45) is 5.39. The van der Waals surface area contributed by atoms with Gasteiger partial charge in [0.2, 0.25) is 23.6 Å². The maximum atomic E-state index is 13.6. The fraction of sp³-hybridized carbons (Fsp3) is 0.362. The molecule has 1 aliphatic rings. The number of aromatic hydroxyl groups is 2. The van der Waals surface area contributed by atoms with Crippen molar-refractivity contribution in [2.75, 3.05) is 26.7 Å². The van der Waals surface area contributed by atoms with Gasteiger partial charge in [-0.25, -0.2) is 4.79 Å². The van der Waals surface area contributed by atoms with Crippen molar-refractivity contribution in [2.45, 2.75) is 83.8 Å². The second-order valence-corrected chi connectivity index (χ2v) is 15.3. The zero-order valence-corrected chi connectivity index (χ0v) is 35.7. The molecule has 4 aromatic carbocycles. The molecule has 0 fully saturated rings. The van der Waals surface area contributed by atoms with Crippen molar-refractivity contribution in [3.05, 3.63) is 107 Å². The lowest BCUT2D eigenvalue weighted by molar-refractivity contribution is -0.142. The summed E-state index contributed by atoms with van der Waals surface area (Å²) < 4.78 is 0. The number of aryl methyl sites for hydroxylation is 1. The van der Waals surface area contributed by atoms with Crippen molar-refractivity contribution < 1.29 is 44.1 Å². The van der Waals surface area contributed by atoms with Crippen LogP contribution in [-0.4, -0.2) is 94.5 Å². The van der Waals surface area contributed by atoms with Gasteiger partial charge in [0.25, 0.3) is 5.91 Å². The third kappa shape index (κ3) is 13.6. The van der Waals surface area contributed by atoms with Crippen LogP contribution in [0.4, 0.5) is 0 Å². The van der Waals surface area contributed by atoms with E-state index in [0.29, 0.717) is 11.1 Å². The second kappa shape index (κ2) is 23.3. The van der Waals surface area contributed by atoms with E-state index in [9.17, 15) is 44.1 Å². The first-order chi connectivity index (χ1) is 29.6. The van der Waals surface area contributed by atoms with E-state index in [4.69, 9.17) is 5.73 Å². The largest absolute Gasteiger partial charge is 0.507 e. The van der Waals surface area contributed by atoms with E-state index in [1.54, 1.807) is 19.1 Å². The van der Waals surface area contributed by atoms with Crippen molar-refractivity contribution in [3.63, 3.8) is 0 Å². The van der Waals surface area contributed by atoms with E-state index >= 15 is 0 Å². The number of carboxylic acids is 1. The molecular formula is C47H58N6O9. The summed E-state index contributed by atoms with van der Waals surface area (Å²) in [7, 11) is 1.32. The van der Waals surface area contributed by atoms with Gasteiger partial charge in [-0.15, -0.1) is 0 Å². The Hall–Kier alpha value is -6.74. The fourth-order valence-corrected chi connectivity index (χ4v) is 6.78. The molecule has 15 nitrogen and oxygen atoms in total. The average molecular weight is 851 g/mol. The third-order valence-corrected chi connectivity index (χ3v) is 10.3. The second-order valence-electron chi connectivity index (χ2n) is 15.3. The molecule has 5 rings (SSSR count). The molecule has 330 valence electrons. The molecule has 1 heterocycles. The Morgan fingerprint density at radius 2 is 1.47 bits per heavy atom. The van der Waals surface area contributed by atoms with Crippen LogP contribution in [0.1, 0.15) is 86.0 Å². The lowest BCUT2D eigenvalue weighted by Crippen LogP contribution is -2.49. The predicted molar refractivity (Wildman–Crippen MR) is 236 cm³/mol. The number of phenolic OH excluding ortho intramolecular Hbond substituents is 2. The van der Waals surface area contributed by atoms with Crippen molar-refractivity contribution in [1.29, 1.82) is 0 Å². The highest BCUT2D eigenvalue weighted by molar-refractivity contribution is 5.96. The number of amides is 5. The zero-order valence-electron chi connectivity index (χ0n) is 35.7.